The summed E-state index contributed by atoms with van der Waals surface area (Å²) in [6, 6.07) is 5.93. The van der Waals surface area contributed by atoms with Crippen molar-refractivity contribution in [2.45, 2.75) is 44.1 Å². The fourth-order valence-electron chi connectivity index (χ4n) is 3.55. The first kappa shape index (κ1) is 20.4. The van der Waals surface area contributed by atoms with Gasteiger partial charge in [-0.15, -0.1) is 12.4 Å². The van der Waals surface area contributed by atoms with Gasteiger partial charge in [-0.25, -0.2) is 0 Å². The quantitative estimate of drug-likeness (QED) is 0.643. The van der Waals surface area contributed by atoms with E-state index in [9.17, 15) is 4.79 Å². The molecule has 0 unspecified atom stereocenters. The van der Waals surface area contributed by atoms with Gasteiger partial charge in [0, 0.05) is 29.8 Å². The van der Waals surface area contributed by atoms with E-state index in [-0.39, 0.29) is 18.3 Å². The minimum Gasteiger partial charge on any atom is -0.497 e. The Hall–Kier alpha value is -1.92. The predicted molar refractivity (Wildman–Crippen MR) is 105 cm³/mol. The number of aryl methyl sites for hydroxylation is 1. The fourth-order valence-corrected chi connectivity index (χ4v) is 3.55. The van der Waals surface area contributed by atoms with Gasteiger partial charge >= 0.3 is 0 Å². The number of H-pyrrole nitrogens is 1. The number of nitrogens with one attached hydrogen (secondary N) is 2. The van der Waals surface area contributed by atoms with E-state index < -0.39 is 5.54 Å². The van der Waals surface area contributed by atoms with E-state index in [2.05, 4.69) is 16.4 Å². The van der Waals surface area contributed by atoms with Crippen LogP contribution in [0, 0.1) is 0 Å². The molecule has 1 heterocycles. The van der Waals surface area contributed by atoms with Crippen LogP contribution in [0.1, 0.15) is 37.8 Å². The average Bonchev–Trinajstić information content (AvgIpc) is 3.24. The molecule has 0 aliphatic heterocycles. The first-order valence-corrected chi connectivity index (χ1v) is 8.86. The lowest BCUT2D eigenvalue weighted by Crippen LogP contribution is -2.52. The van der Waals surface area contributed by atoms with Gasteiger partial charge in [-0.3, -0.25) is 4.79 Å². The van der Waals surface area contributed by atoms with Crippen molar-refractivity contribution in [1.82, 2.24) is 10.3 Å². The number of ether oxygens (including phenoxy) is 2. The molecule has 1 aromatic carbocycles. The molecule has 0 saturated heterocycles. The largest absolute Gasteiger partial charge is 0.497 e. The number of halogens is 1. The van der Waals surface area contributed by atoms with Gasteiger partial charge in [0.2, 0.25) is 5.91 Å². The fraction of sp³-hybridized carbons (Fsp3) is 0.526. The summed E-state index contributed by atoms with van der Waals surface area (Å²) in [5, 5.41) is 4.02. The summed E-state index contributed by atoms with van der Waals surface area (Å²) in [6.45, 7) is 0.633. The van der Waals surface area contributed by atoms with Crippen LogP contribution in [0.3, 0.4) is 0 Å². The molecule has 3 rings (SSSR count). The Labute approximate surface area is 160 Å². The third-order valence-corrected chi connectivity index (χ3v) is 5.04. The number of amides is 1. The summed E-state index contributed by atoms with van der Waals surface area (Å²) in [5.41, 5.74) is 7.61. The maximum atomic E-state index is 12.2. The van der Waals surface area contributed by atoms with Crippen LogP contribution in [0.15, 0.2) is 18.2 Å². The Kier molecular flexibility index (Phi) is 6.78. The second-order valence-electron chi connectivity index (χ2n) is 6.81. The molecule has 1 aliphatic carbocycles. The summed E-state index contributed by atoms with van der Waals surface area (Å²) in [4.78, 5) is 15.6. The van der Waals surface area contributed by atoms with Crippen LogP contribution < -0.4 is 20.5 Å². The topological polar surface area (TPSA) is 89.4 Å². The molecule has 1 amide bonds. The number of carbonyl (C=O) groups excluding carboxylic acids is 1. The Bertz CT molecular complexity index is 754. The first-order chi connectivity index (χ1) is 12.1. The molecule has 6 nitrogen and oxygen atoms in total. The number of benzene rings is 1. The van der Waals surface area contributed by atoms with E-state index in [0.717, 1.165) is 66.6 Å². The first-order valence-electron chi connectivity index (χ1n) is 8.86. The summed E-state index contributed by atoms with van der Waals surface area (Å²) in [5.74, 6) is 1.54. The number of methoxy groups -OCH3 is 2. The summed E-state index contributed by atoms with van der Waals surface area (Å²) in [6.07, 6.45) is 5.38. The van der Waals surface area contributed by atoms with Crippen molar-refractivity contribution in [2.24, 2.45) is 5.73 Å². The zero-order valence-corrected chi connectivity index (χ0v) is 16.2. The van der Waals surface area contributed by atoms with Crippen molar-refractivity contribution in [2.75, 3.05) is 20.8 Å². The zero-order chi connectivity index (χ0) is 17.9. The molecule has 1 fully saturated rings. The van der Waals surface area contributed by atoms with Crippen LogP contribution in [0.5, 0.6) is 11.5 Å². The highest BCUT2D eigenvalue weighted by molar-refractivity contribution is 5.88. The lowest BCUT2D eigenvalue weighted by atomic mass is 9.98. The third kappa shape index (κ3) is 4.24. The van der Waals surface area contributed by atoms with E-state index in [1.165, 1.54) is 0 Å². The summed E-state index contributed by atoms with van der Waals surface area (Å²) in [7, 11) is 3.30. The Morgan fingerprint density at radius 1 is 1.23 bits per heavy atom. The van der Waals surface area contributed by atoms with Crippen molar-refractivity contribution in [3.05, 3.63) is 23.9 Å². The Balaban J connectivity index is 0.00000243. The standard InChI is InChI=1S/C19H27N3O3.ClH/c1-24-14-11-16-15(17(12-14)25-2)10-13(22-16)6-5-9-21-18(23)19(20)7-3-4-8-19;/h10-12,22H,3-9,20H2,1-2H3,(H,21,23);1H. The van der Waals surface area contributed by atoms with E-state index in [1.807, 2.05) is 12.1 Å². The number of rotatable bonds is 7. The number of hydrogen-bond acceptors (Lipinski definition) is 4. The smallest absolute Gasteiger partial charge is 0.240 e. The van der Waals surface area contributed by atoms with Gasteiger partial charge in [0.1, 0.15) is 11.5 Å². The van der Waals surface area contributed by atoms with Crippen LogP contribution in [0.25, 0.3) is 10.9 Å². The van der Waals surface area contributed by atoms with Gasteiger partial charge in [-0.05, 0) is 31.7 Å². The van der Waals surface area contributed by atoms with Crippen molar-refractivity contribution in [3.63, 3.8) is 0 Å². The SMILES string of the molecule is COc1cc(OC)c2cc(CCCNC(=O)C3(N)CCCC3)[nH]c2c1.Cl. The van der Waals surface area contributed by atoms with Crippen LogP contribution in [-0.2, 0) is 11.2 Å². The normalized spacial score (nSPS) is 15.5. The number of nitrogens with two attached hydrogens (primary N) is 1. The van der Waals surface area contributed by atoms with E-state index >= 15 is 0 Å². The van der Waals surface area contributed by atoms with E-state index in [0.29, 0.717) is 6.54 Å². The monoisotopic (exact) mass is 381 g/mol. The van der Waals surface area contributed by atoms with Gasteiger partial charge in [-0.2, -0.15) is 0 Å². The predicted octanol–water partition coefficient (Wildman–Crippen LogP) is 2.93. The molecular weight excluding hydrogens is 354 g/mol. The molecule has 4 N–H and O–H groups in total. The summed E-state index contributed by atoms with van der Waals surface area (Å²) < 4.78 is 10.7. The Morgan fingerprint density at radius 3 is 2.62 bits per heavy atom. The van der Waals surface area contributed by atoms with E-state index in [1.54, 1.807) is 14.2 Å². The van der Waals surface area contributed by atoms with Gasteiger partial charge in [0.25, 0.3) is 0 Å². The molecular formula is C19H28ClN3O3. The molecule has 0 bridgehead atoms. The number of hydrogen-bond donors (Lipinski definition) is 3. The lowest BCUT2D eigenvalue weighted by Gasteiger charge is -2.22. The Morgan fingerprint density at radius 2 is 1.96 bits per heavy atom. The zero-order valence-electron chi connectivity index (χ0n) is 15.4. The lowest BCUT2D eigenvalue weighted by molar-refractivity contribution is -0.126. The van der Waals surface area contributed by atoms with Crippen LogP contribution >= 0.6 is 12.4 Å². The molecule has 0 atom stereocenters. The maximum absolute atomic E-state index is 12.2. The van der Waals surface area contributed by atoms with Crippen molar-refractivity contribution < 1.29 is 14.3 Å². The molecule has 1 saturated carbocycles. The van der Waals surface area contributed by atoms with Gasteiger partial charge in [0.15, 0.2) is 0 Å². The van der Waals surface area contributed by atoms with Crippen LogP contribution in [0.2, 0.25) is 0 Å². The minimum atomic E-state index is -0.648. The highest BCUT2D eigenvalue weighted by Crippen LogP contribution is 2.32. The van der Waals surface area contributed by atoms with Crippen LogP contribution in [0.4, 0.5) is 0 Å². The van der Waals surface area contributed by atoms with E-state index in [4.69, 9.17) is 15.2 Å². The molecule has 0 radical (unpaired) electrons. The van der Waals surface area contributed by atoms with Crippen LogP contribution in [-0.4, -0.2) is 37.2 Å². The summed E-state index contributed by atoms with van der Waals surface area (Å²) >= 11 is 0. The average molecular weight is 382 g/mol. The van der Waals surface area contributed by atoms with Gasteiger partial charge in [0.05, 0.1) is 25.3 Å². The second-order valence-corrected chi connectivity index (χ2v) is 6.81. The van der Waals surface area contributed by atoms with Gasteiger partial charge in [-0.1, -0.05) is 12.8 Å². The maximum Gasteiger partial charge on any atom is 0.240 e. The molecule has 0 spiro atoms. The number of aromatic nitrogens is 1. The molecule has 26 heavy (non-hydrogen) atoms. The minimum absolute atomic E-state index is 0. The highest BCUT2D eigenvalue weighted by atomic mass is 35.5. The molecule has 1 aliphatic rings. The number of aromatic amines is 1. The highest BCUT2D eigenvalue weighted by Gasteiger charge is 2.36. The molecule has 7 heteroatoms. The van der Waals surface area contributed by atoms with Crippen molar-refractivity contribution in [1.29, 1.82) is 0 Å². The van der Waals surface area contributed by atoms with Crippen molar-refractivity contribution >= 4 is 29.2 Å². The number of fused-ring (bicyclic) bond motifs is 1. The molecule has 144 valence electrons. The number of carbonyl (C=O) groups is 1. The second kappa shape index (κ2) is 8.64. The third-order valence-electron chi connectivity index (χ3n) is 5.04. The van der Waals surface area contributed by atoms with Crippen molar-refractivity contribution in [3.8, 4) is 11.5 Å². The molecule has 1 aromatic heterocycles. The van der Waals surface area contributed by atoms with Gasteiger partial charge < -0.3 is 25.5 Å². The molecule has 2 aromatic rings.